The van der Waals surface area contributed by atoms with Crippen molar-refractivity contribution < 1.29 is 14.3 Å². The smallest absolute Gasteiger partial charge is 0.255 e. The summed E-state index contributed by atoms with van der Waals surface area (Å²) in [5, 5.41) is -0.0330. The minimum Gasteiger partial charge on any atom is -0.493 e. The number of rotatable bonds is 9. The fourth-order valence-corrected chi connectivity index (χ4v) is 5.25. The van der Waals surface area contributed by atoms with Gasteiger partial charge < -0.3 is 14.4 Å². The van der Waals surface area contributed by atoms with Gasteiger partial charge in [-0.05, 0) is 53.8 Å². The maximum atomic E-state index is 13.3. The Morgan fingerprint density at radius 3 is 2.52 bits per heavy atom. The van der Waals surface area contributed by atoms with Gasteiger partial charge in [-0.15, -0.1) is 11.8 Å². The van der Waals surface area contributed by atoms with E-state index in [0.29, 0.717) is 18.1 Å². The van der Waals surface area contributed by atoms with Crippen LogP contribution in [0, 0.1) is 0 Å². The Labute approximate surface area is 200 Å². The van der Waals surface area contributed by atoms with Crippen LogP contribution in [0.1, 0.15) is 52.2 Å². The molecule has 0 radical (unpaired) electrons. The molecule has 172 valence electrons. The van der Waals surface area contributed by atoms with E-state index >= 15 is 0 Å². The largest absolute Gasteiger partial charge is 0.493 e. The SMILES string of the molecule is CCCCc1ccc(C(=O)N2CCSC2c2ccc(OCc3ccccc3)c(OC)c2)cc1. The van der Waals surface area contributed by atoms with Crippen molar-refractivity contribution in [2.75, 3.05) is 19.4 Å². The van der Waals surface area contributed by atoms with Gasteiger partial charge in [0.2, 0.25) is 0 Å². The molecule has 5 heteroatoms. The van der Waals surface area contributed by atoms with Crippen molar-refractivity contribution >= 4 is 17.7 Å². The number of carbonyl (C=O) groups excluding carboxylic acids is 1. The number of hydrogen-bond acceptors (Lipinski definition) is 4. The number of ether oxygens (including phenoxy) is 2. The molecule has 4 nitrogen and oxygen atoms in total. The van der Waals surface area contributed by atoms with Crippen LogP contribution < -0.4 is 9.47 Å². The fourth-order valence-electron chi connectivity index (χ4n) is 4.01. The second-order valence-corrected chi connectivity index (χ2v) is 9.39. The van der Waals surface area contributed by atoms with E-state index < -0.39 is 0 Å². The molecule has 1 aliphatic rings. The average Bonchev–Trinajstić information content (AvgIpc) is 3.36. The van der Waals surface area contributed by atoms with E-state index in [1.54, 1.807) is 18.9 Å². The molecule has 0 aliphatic carbocycles. The fraction of sp³-hybridized carbons (Fsp3) is 0.321. The number of benzene rings is 3. The van der Waals surface area contributed by atoms with Gasteiger partial charge in [0.15, 0.2) is 11.5 Å². The summed E-state index contributed by atoms with van der Waals surface area (Å²) in [6, 6.07) is 24.2. The molecule has 1 atom stereocenters. The van der Waals surface area contributed by atoms with Gasteiger partial charge in [0.05, 0.1) is 7.11 Å². The summed E-state index contributed by atoms with van der Waals surface area (Å²) in [7, 11) is 1.65. The molecule has 1 aliphatic heterocycles. The summed E-state index contributed by atoms with van der Waals surface area (Å²) in [5.41, 5.74) is 4.19. The van der Waals surface area contributed by atoms with Crippen LogP contribution in [0.5, 0.6) is 11.5 Å². The monoisotopic (exact) mass is 461 g/mol. The Morgan fingerprint density at radius 1 is 1.00 bits per heavy atom. The first-order chi connectivity index (χ1) is 16.2. The number of methoxy groups -OCH3 is 1. The zero-order valence-corrected chi connectivity index (χ0v) is 20.1. The van der Waals surface area contributed by atoms with Gasteiger partial charge in [0.25, 0.3) is 5.91 Å². The lowest BCUT2D eigenvalue weighted by Crippen LogP contribution is -2.30. The lowest BCUT2D eigenvalue weighted by molar-refractivity contribution is 0.0760. The molecule has 0 bridgehead atoms. The van der Waals surface area contributed by atoms with Crippen molar-refractivity contribution in [1.29, 1.82) is 0 Å². The van der Waals surface area contributed by atoms with E-state index in [0.717, 1.165) is 35.4 Å². The standard InChI is InChI=1S/C28H31NO3S/c1-3-4-8-21-11-13-23(14-12-21)27(30)29-17-18-33-28(29)24-15-16-25(26(19-24)31-2)32-20-22-9-6-5-7-10-22/h5-7,9-16,19,28H,3-4,8,17-18,20H2,1-2H3. The number of hydrogen-bond donors (Lipinski definition) is 0. The third kappa shape index (κ3) is 5.72. The van der Waals surface area contributed by atoms with Crippen LogP contribution >= 0.6 is 11.8 Å². The Hall–Kier alpha value is -2.92. The first-order valence-electron chi connectivity index (χ1n) is 11.6. The zero-order chi connectivity index (χ0) is 23.0. The molecule has 1 heterocycles. The Morgan fingerprint density at radius 2 is 1.79 bits per heavy atom. The third-order valence-electron chi connectivity index (χ3n) is 5.88. The van der Waals surface area contributed by atoms with E-state index in [4.69, 9.17) is 9.47 Å². The first-order valence-corrected chi connectivity index (χ1v) is 12.6. The van der Waals surface area contributed by atoms with Crippen molar-refractivity contribution in [2.24, 2.45) is 0 Å². The number of carbonyl (C=O) groups is 1. The van der Waals surface area contributed by atoms with Gasteiger partial charge in [-0.3, -0.25) is 4.79 Å². The molecule has 1 unspecified atom stereocenters. The lowest BCUT2D eigenvalue weighted by Gasteiger charge is -2.25. The number of thioether (sulfide) groups is 1. The molecule has 1 saturated heterocycles. The summed E-state index contributed by atoms with van der Waals surface area (Å²) in [6.45, 7) is 3.41. The normalized spacial score (nSPS) is 15.5. The van der Waals surface area contributed by atoms with Crippen LogP contribution in [0.25, 0.3) is 0 Å². The van der Waals surface area contributed by atoms with Crippen LogP contribution in [0.15, 0.2) is 72.8 Å². The number of aryl methyl sites for hydroxylation is 1. The van der Waals surface area contributed by atoms with Crippen LogP contribution in [-0.4, -0.2) is 30.2 Å². The third-order valence-corrected chi connectivity index (χ3v) is 7.14. The summed E-state index contributed by atoms with van der Waals surface area (Å²) >= 11 is 1.78. The highest BCUT2D eigenvalue weighted by Crippen LogP contribution is 2.41. The molecule has 3 aromatic carbocycles. The van der Waals surface area contributed by atoms with Crippen molar-refractivity contribution in [3.63, 3.8) is 0 Å². The van der Waals surface area contributed by atoms with E-state index in [1.807, 2.05) is 65.6 Å². The van der Waals surface area contributed by atoms with E-state index in [9.17, 15) is 4.79 Å². The van der Waals surface area contributed by atoms with Crippen molar-refractivity contribution in [3.8, 4) is 11.5 Å². The number of amides is 1. The van der Waals surface area contributed by atoms with Gasteiger partial charge in [0, 0.05) is 17.9 Å². The van der Waals surface area contributed by atoms with Crippen molar-refractivity contribution in [3.05, 3.63) is 95.1 Å². The second kappa shape index (κ2) is 11.3. The molecule has 33 heavy (non-hydrogen) atoms. The highest BCUT2D eigenvalue weighted by atomic mass is 32.2. The van der Waals surface area contributed by atoms with Crippen LogP contribution in [0.2, 0.25) is 0 Å². The summed E-state index contributed by atoms with van der Waals surface area (Å²) in [6.07, 6.45) is 3.41. The van der Waals surface area contributed by atoms with Crippen molar-refractivity contribution in [1.82, 2.24) is 4.90 Å². The van der Waals surface area contributed by atoms with Gasteiger partial charge in [-0.2, -0.15) is 0 Å². The maximum Gasteiger partial charge on any atom is 0.255 e. The molecule has 1 amide bonds. The van der Waals surface area contributed by atoms with E-state index in [2.05, 4.69) is 19.1 Å². The van der Waals surface area contributed by atoms with Gasteiger partial charge in [-0.1, -0.05) is 61.9 Å². The average molecular weight is 462 g/mol. The van der Waals surface area contributed by atoms with Gasteiger partial charge in [0.1, 0.15) is 12.0 Å². The molecule has 4 rings (SSSR count). The van der Waals surface area contributed by atoms with Crippen LogP contribution in [-0.2, 0) is 13.0 Å². The zero-order valence-electron chi connectivity index (χ0n) is 19.3. The highest BCUT2D eigenvalue weighted by molar-refractivity contribution is 7.99. The Balaban J connectivity index is 1.47. The topological polar surface area (TPSA) is 38.8 Å². The Kier molecular flexibility index (Phi) is 7.95. The molecule has 1 fully saturated rings. The Bertz CT molecular complexity index is 1050. The molecule has 3 aromatic rings. The predicted molar refractivity (Wildman–Crippen MR) is 135 cm³/mol. The summed E-state index contributed by atoms with van der Waals surface area (Å²) in [5.74, 6) is 2.38. The minimum absolute atomic E-state index is 0.0330. The van der Waals surface area contributed by atoms with Gasteiger partial charge in [-0.25, -0.2) is 0 Å². The van der Waals surface area contributed by atoms with E-state index in [-0.39, 0.29) is 11.3 Å². The first kappa shape index (κ1) is 23.2. The van der Waals surface area contributed by atoms with Gasteiger partial charge >= 0.3 is 0 Å². The highest BCUT2D eigenvalue weighted by Gasteiger charge is 2.32. The van der Waals surface area contributed by atoms with Crippen molar-refractivity contribution in [2.45, 2.75) is 38.2 Å². The molecular weight excluding hydrogens is 430 g/mol. The molecule has 0 aromatic heterocycles. The molecule has 0 spiro atoms. The van der Waals surface area contributed by atoms with E-state index in [1.165, 1.54) is 18.4 Å². The van der Waals surface area contributed by atoms with Crippen LogP contribution in [0.3, 0.4) is 0 Å². The number of unbranched alkanes of at least 4 members (excludes halogenated alkanes) is 1. The predicted octanol–water partition coefficient (Wildman–Crippen LogP) is 6.50. The van der Waals surface area contributed by atoms with Crippen LogP contribution in [0.4, 0.5) is 0 Å². The molecular formula is C28H31NO3S. The second-order valence-electron chi connectivity index (χ2n) is 8.21. The molecule has 0 saturated carbocycles. The quantitative estimate of drug-likeness (QED) is 0.364. The maximum absolute atomic E-state index is 13.3. The summed E-state index contributed by atoms with van der Waals surface area (Å²) < 4.78 is 11.6. The minimum atomic E-state index is -0.0330. The number of nitrogens with zero attached hydrogens (tertiary/aromatic N) is 1. The summed E-state index contributed by atoms with van der Waals surface area (Å²) in [4.78, 5) is 15.3. The lowest BCUT2D eigenvalue weighted by atomic mass is 10.1. The molecule has 0 N–H and O–H groups in total.